The van der Waals surface area contributed by atoms with Crippen molar-refractivity contribution in [1.82, 2.24) is 19.2 Å². The average Bonchev–Trinajstić information content (AvgIpc) is 3.21. The highest BCUT2D eigenvalue weighted by atomic mass is 16.5. The first kappa shape index (κ1) is 20.3. The number of hydrogen-bond acceptors (Lipinski definition) is 6. The highest BCUT2D eigenvalue weighted by molar-refractivity contribution is 5.95. The number of fused-ring (bicyclic) bond motifs is 3. The van der Waals surface area contributed by atoms with Gasteiger partial charge in [-0.05, 0) is 37.3 Å². The number of ether oxygens (including phenoxy) is 1. The molecule has 1 amide bonds. The Labute approximate surface area is 177 Å². The quantitative estimate of drug-likeness (QED) is 0.481. The molecule has 0 unspecified atom stereocenters. The number of esters is 1. The van der Waals surface area contributed by atoms with Crippen LogP contribution in [0.15, 0.2) is 53.3 Å². The minimum Gasteiger partial charge on any atom is -0.462 e. The van der Waals surface area contributed by atoms with E-state index in [-0.39, 0.29) is 18.8 Å². The van der Waals surface area contributed by atoms with Gasteiger partial charge < -0.3 is 10.1 Å². The zero-order valence-corrected chi connectivity index (χ0v) is 17.2. The smallest absolute Gasteiger partial charge is 0.338 e. The zero-order chi connectivity index (χ0) is 22.0. The lowest BCUT2D eigenvalue weighted by Gasteiger charge is -2.13. The highest BCUT2D eigenvalue weighted by Gasteiger charge is 2.17. The maximum absolute atomic E-state index is 13.1. The maximum Gasteiger partial charge on any atom is 0.338 e. The van der Waals surface area contributed by atoms with Crippen LogP contribution >= 0.6 is 0 Å². The molecule has 1 N–H and O–H groups in total. The van der Waals surface area contributed by atoms with Gasteiger partial charge in [0.05, 0.1) is 23.2 Å². The van der Waals surface area contributed by atoms with Gasteiger partial charge >= 0.3 is 5.97 Å². The first-order valence-corrected chi connectivity index (χ1v) is 9.96. The van der Waals surface area contributed by atoms with Gasteiger partial charge in [0.15, 0.2) is 0 Å². The molecule has 158 valence electrons. The number of aromatic nitrogens is 4. The maximum atomic E-state index is 13.1. The summed E-state index contributed by atoms with van der Waals surface area (Å²) in [5.41, 5.74) is 1.89. The second kappa shape index (κ2) is 8.39. The summed E-state index contributed by atoms with van der Waals surface area (Å²) in [6, 6.07) is 13.8. The van der Waals surface area contributed by atoms with Crippen molar-refractivity contribution >= 4 is 34.2 Å². The molecule has 0 saturated carbocycles. The zero-order valence-electron chi connectivity index (χ0n) is 17.2. The number of anilines is 1. The van der Waals surface area contributed by atoms with E-state index in [0.717, 1.165) is 5.52 Å². The van der Waals surface area contributed by atoms with Gasteiger partial charge in [0.1, 0.15) is 12.4 Å². The largest absolute Gasteiger partial charge is 0.462 e. The Bertz CT molecular complexity index is 1360. The van der Waals surface area contributed by atoms with Crippen LogP contribution in [-0.4, -0.2) is 37.6 Å². The number of nitrogens with zero attached hydrogens (tertiary/aromatic N) is 4. The summed E-state index contributed by atoms with van der Waals surface area (Å²) in [5.74, 6) is -0.201. The topological polar surface area (TPSA) is 108 Å². The number of amides is 1. The summed E-state index contributed by atoms with van der Waals surface area (Å²) >= 11 is 0. The molecule has 9 heteroatoms. The van der Waals surface area contributed by atoms with E-state index in [4.69, 9.17) is 4.74 Å². The molecule has 9 nitrogen and oxygen atoms in total. The standard InChI is InChI=1S/C22H21N5O4/c1-3-18-24-25-20-21(29)26(16-10-5-6-11-17(16)27(18)20)13-19(28)23-15-9-7-8-14(12-15)22(30)31-4-2/h5-12H,3-4,13H2,1-2H3,(H,23,28). The van der Waals surface area contributed by atoms with Gasteiger partial charge in [-0.25, -0.2) is 4.79 Å². The Hall–Kier alpha value is -4.01. The van der Waals surface area contributed by atoms with Crippen molar-refractivity contribution in [3.8, 4) is 0 Å². The van der Waals surface area contributed by atoms with E-state index in [9.17, 15) is 14.4 Å². The Morgan fingerprint density at radius 2 is 1.81 bits per heavy atom. The number of hydrogen-bond donors (Lipinski definition) is 1. The van der Waals surface area contributed by atoms with Crippen molar-refractivity contribution in [2.24, 2.45) is 0 Å². The third-order valence-corrected chi connectivity index (χ3v) is 4.86. The first-order valence-electron chi connectivity index (χ1n) is 9.96. The highest BCUT2D eigenvalue weighted by Crippen LogP contribution is 2.16. The number of aryl methyl sites for hydroxylation is 1. The van der Waals surface area contributed by atoms with Gasteiger partial charge in [-0.2, -0.15) is 0 Å². The van der Waals surface area contributed by atoms with E-state index in [0.29, 0.717) is 29.0 Å². The molecule has 0 aliphatic heterocycles. The monoisotopic (exact) mass is 419 g/mol. The lowest BCUT2D eigenvalue weighted by atomic mass is 10.2. The summed E-state index contributed by atoms with van der Waals surface area (Å²) in [6.45, 7) is 3.71. The summed E-state index contributed by atoms with van der Waals surface area (Å²) in [6.07, 6.45) is 0.617. The number of benzene rings is 2. The average molecular weight is 419 g/mol. The SMILES string of the molecule is CCOC(=O)c1cccc(NC(=O)Cn2c(=O)c3nnc(CC)n3c3ccccc32)c1. The van der Waals surface area contributed by atoms with Gasteiger partial charge in [0.2, 0.25) is 11.6 Å². The van der Waals surface area contributed by atoms with Crippen LogP contribution in [0.2, 0.25) is 0 Å². The summed E-state index contributed by atoms with van der Waals surface area (Å²) in [4.78, 5) is 37.7. The van der Waals surface area contributed by atoms with Crippen LogP contribution in [-0.2, 0) is 22.5 Å². The van der Waals surface area contributed by atoms with Gasteiger partial charge in [-0.3, -0.25) is 18.6 Å². The molecule has 0 aliphatic carbocycles. The molecule has 4 rings (SSSR count). The predicted molar refractivity (Wildman–Crippen MR) is 115 cm³/mol. The number of carbonyl (C=O) groups is 2. The van der Waals surface area contributed by atoms with Crippen molar-refractivity contribution in [3.05, 3.63) is 70.3 Å². The molecule has 0 bridgehead atoms. The summed E-state index contributed by atoms with van der Waals surface area (Å²) < 4.78 is 8.10. The molecule has 0 radical (unpaired) electrons. The second-order valence-corrected chi connectivity index (χ2v) is 6.86. The molecule has 2 aromatic heterocycles. The summed E-state index contributed by atoms with van der Waals surface area (Å²) in [5, 5.41) is 10.9. The van der Waals surface area contributed by atoms with E-state index in [1.165, 1.54) is 10.6 Å². The molecule has 0 atom stereocenters. The van der Waals surface area contributed by atoms with Gasteiger partial charge in [0, 0.05) is 12.1 Å². The van der Waals surface area contributed by atoms with Crippen LogP contribution in [0.3, 0.4) is 0 Å². The van der Waals surface area contributed by atoms with Crippen LogP contribution < -0.4 is 10.9 Å². The van der Waals surface area contributed by atoms with Crippen molar-refractivity contribution in [2.45, 2.75) is 26.8 Å². The molecular formula is C22H21N5O4. The van der Waals surface area contributed by atoms with E-state index < -0.39 is 17.4 Å². The molecule has 31 heavy (non-hydrogen) atoms. The third-order valence-electron chi connectivity index (χ3n) is 4.86. The minimum absolute atomic E-state index is 0.174. The van der Waals surface area contributed by atoms with Crippen LogP contribution in [0.25, 0.3) is 16.7 Å². The Morgan fingerprint density at radius 3 is 2.55 bits per heavy atom. The molecule has 0 aliphatic rings. The van der Waals surface area contributed by atoms with Crippen LogP contribution in [0.4, 0.5) is 5.69 Å². The normalized spacial score (nSPS) is 11.0. The Balaban J connectivity index is 1.68. The molecule has 4 aromatic rings. The van der Waals surface area contributed by atoms with Crippen LogP contribution in [0.5, 0.6) is 0 Å². The fraction of sp³-hybridized carbons (Fsp3) is 0.227. The van der Waals surface area contributed by atoms with Crippen LogP contribution in [0, 0.1) is 0 Å². The fourth-order valence-electron chi connectivity index (χ4n) is 3.49. The Kier molecular flexibility index (Phi) is 5.48. The summed E-state index contributed by atoms with van der Waals surface area (Å²) in [7, 11) is 0. The lowest BCUT2D eigenvalue weighted by Crippen LogP contribution is -2.29. The van der Waals surface area contributed by atoms with E-state index in [2.05, 4.69) is 15.5 Å². The number of rotatable bonds is 6. The first-order chi connectivity index (χ1) is 15.0. The molecule has 0 saturated heterocycles. The van der Waals surface area contributed by atoms with E-state index in [1.54, 1.807) is 41.7 Å². The molecular weight excluding hydrogens is 398 g/mol. The van der Waals surface area contributed by atoms with Crippen molar-refractivity contribution in [1.29, 1.82) is 0 Å². The molecule has 2 aromatic carbocycles. The molecule has 0 fully saturated rings. The number of nitrogens with one attached hydrogen (secondary N) is 1. The number of para-hydroxylation sites is 2. The van der Waals surface area contributed by atoms with Crippen molar-refractivity contribution < 1.29 is 14.3 Å². The van der Waals surface area contributed by atoms with Gasteiger partial charge in [0.25, 0.3) is 5.56 Å². The van der Waals surface area contributed by atoms with Gasteiger partial charge in [-0.1, -0.05) is 25.1 Å². The van der Waals surface area contributed by atoms with Crippen molar-refractivity contribution in [2.75, 3.05) is 11.9 Å². The van der Waals surface area contributed by atoms with Crippen molar-refractivity contribution in [3.63, 3.8) is 0 Å². The third kappa shape index (κ3) is 3.77. The lowest BCUT2D eigenvalue weighted by molar-refractivity contribution is -0.116. The van der Waals surface area contributed by atoms with Crippen LogP contribution in [0.1, 0.15) is 30.0 Å². The van der Waals surface area contributed by atoms with E-state index >= 15 is 0 Å². The van der Waals surface area contributed by atoms with E-state index in [1.807, 2.05) is 19.1 Å². The number of carbonyl (C=O) groups excluding carboxylic acids is 2. The minimum atomic E-state index is -0.468. The Morgan fingerprint density at radius 1 is 1.03 bits per heavy atom. The fourth-order valence-corrected chi connectivity index (χ4v) is 3.49. The second-order valence-electron chi connectivity index (χ2n) is 6.86. The molecule has 2 heterocycles. The molecule has 0 spiro atoms. The predicted octanol–water partition coefficient (Wildman–Crippen LogP) is 2.42. The van der Waals surface area contributed by atoms with Gasteiger partial charge in [-0.15, -0.1) is 10.2 Å².